The summed E-state index contributed by atoms with van der Waals surface area (Å²) < 4.78 is 31.2. The van der Waals surface area contributed by atoms with E-state index in [4.69, 9.17) is 37.3 Å². The van der Waals surface area contributed by atoms with Crippen LogP contribution in [-0.2, 0) is 14.3 Å². The van der Waals surface area contributed by atoms with Crippen molar-refractivity contribution in [2.24, 2.45) is 17.4 Å². The predicted molar refractivity (Wildman–Crippen MR) is 194 cm³/mol. The van der Waals surface area contributed by atoms with E-state index in [2.05, 4.69) is 27.1 Å². The Morgan fingerprint density at radius 1 is 1.10 bits per heavy atom. The van der Waals surface area contributed by atoms with Gasteiger partial charge in [0.25, 0.3) is 0 Å². The minimum Gasteiger partial charge on any atom is -0.456 e. The molecule has 0 bridgehead atoms. The van der Waals surface area contributed by atoms with Crippen LogP contribution in [0.2, 0.25) is 5.02 Å². The lowest BCUT2D eigenvalue weighted by atomic mass is 9.93. The standard InChI is InChI=1S/C37H45ClFN7O5/c1-23(40)33(19-31(41)29-17-25(38)3-6-30(29)39)43-32-7-11-42-34-18-26(4-5-28(32)34)51-37(48)46-16-15-45(14-10-24-8-12-44(2)13-9-24)35(20-46)36(47)50-27-21-49-22-27/h3-7,11,17-19,24,27,35H,8-10,12-16,20-22,40-41H2,1-2H3,(H,42,43)/b31-19-,33-23+. The van der Waals surface area contributed by atoms with Gasteiger partial charge in [-0.15, -0.1) is 0 Å². The third kappa shape index (κ3) is 9.09. The summed E-state index contributed by atoms with van der Waals surface area (Å²) in [5.74, 6) is 0.0735. The number of hydrogen-bond donors (Lipinski definition) is 3. The average molecular weight is 722 g/mol. The number of amides is 1. The number of nitrogens with zero attached hydrogens (tertiary/aromatic N) is 4. The summed E-state index contributed by atoms with van der Waals surface area (Å²) in [6, 6.07) is 10.5. The van der Waals surface area contributed by atoms with Gasteiger partial charge in [-0.05, 0) is 101 Å². The highest BCUT2D eigenvalue weighted by atomic mass is 35.5. The Hall–Kier alpha value is -4.43. The molecule has 5 N–H and O–H groups in total. The van der Waals surface area contributed by atoms with Crippen molar-refractivity contribution in [1.29, 1.82) is 0 Å². The second kappa shape index (κ2) is 16.3. The van der Waals surface area contributed by atoms with Gasteiger partial charge in [0.2, 0.25) is 0 Å². The number of halogens is 2. The van der Waals surface area contributed by atoms with Crippen LogP contribution in [0.3, 0.4) is 0 Å². The predicted octanol–water partition coefficient (Wildman–Crippen LogP) is 4.79. The molecule has 12 nitrogen and oxygen atoms in total. The Bertz CT molecular complexity index is 1810. The lowest BCUT2D eigenvalue weighted by Gasteiger charge is -2.41. The lowest BCUT2D eigenvalue weighted by Crippen LogP contribution is -2.59. The smallest absolute Gasteiger partial charge is 0.415 e. The van der Waals surface area contributed by atoms with Gasteiger partial charge in [0.15, 0.2) is 0 Å². The zero-order valence-electron chi connectivity index (χ0n) is 28.9. The van der Waals surface area contributed by atoms with Crippen molar-refractivity contribution in [3.05, 3.63) is 82.5 Å². The SMILES string of the molecule is C/C(N)=C(/C=C(\N)c1cc(Cl)ccc1F)Nc1ccnc2cc(OC(=O)N3CCN(CCC4CCN(C)CC4)C(C(=O)OC4COC4)C3)ccc12. The minimum absolute atomic E-state index is 0.139. The highest BCUT2D eigenvalue weighted by molar-refractivity contribution is 6.30. The molecule has 0 radical (unpaired) electrons. The molecule has 1 amide bonds. The maximum absolute atomic E-state index is 14.5. The number of anilines is 1. The lowest BCUT2D eigenvalue weighted by molar-refractivity contribution is -0.179. The molecule has 272 valence electrons. The summed E-state index contributed by atoms with van der Waals surface area (Å²) >= 11 is 6.06. The Balaban J connectivity index is 1.13. The number of nitrogens with one attached hydrogen (secondary N) is 1. The molecule has 0 spiro atoms. The van der Waals surface area contributed by atoms with E-state index < -0.39 is 18.0 Å². The largest absolute Gasteiger partial charge is 0.456 e. The highest BCUT2D eigenvalue weighted by Gasteiger charge is 2.38. The Morgan fingerprint density at radius 2 is 1.88 bits per heavy atom. The summed E-state index contributed by atoms with van der Waals surface area (Å²) in [4.78, 5) is 37.3. The van der Waals surface area contributed by atoms with Crippen LogP contribution in [0.1, 0.15) is 31.7 Å². The average Bonchev–Trinajstić information content (AvgIpc) is 3.10. The molecule has 3 aliphatic heterocycles. The van der Waals surface area contributed by atoms with Crippen molar-refractivity contribution in [2.45, 2.75) is 38.3 Å². The topological polar surface area (TPSA) is 149 Å². The van der Waals surface area contributed by atoms with Crippen LogP contribution >= 0.6 is 11.6 Å². The fraction of sp³-hybridized carbons (Fsp3) is 0.432. The normalized spacial score (nSPS) is 20.1. The maximum atomic E-state index is 14.5. The summed E-state index contributed by atoms with van der Waals surface area (Å²) in [6.45, 7) is 6.56. The Morgan fingerprint density at radius 3 is 2.61 bits per heavy atom. The third-order valence-electron chi connectivity index (χ3n) is 9.73. The quantitative estimate of drug-likeness (QED) is 0.196. The number of fused-ring (bicyclic) bond motifs is 1. The van der Waals surface area contributed by atoms with Gasteiger partial charge in [0.1, 0.15) is 23.7 Å². The second-order valence-corrected chi connectivity index (χ2v) is 13.9. The first-order valence-electron chi connectivity index (χ1n) is 17.3. The number of carbonyl (C=O) groups is 2. The van der Waals surface area contributed by atoms with E-state index in [0.29, 0.717) is 65.6 Å². The summed E-state index contributed by atoms with van der Waals surface area (Å²) in [6.07, 6.45) is 5.65. The van der Waals surface area contributed by atoms with Crippen molar-refractivity contribution < 1.29 is 28.2 Å². The molecular weight excluding hydrogens is 677 g/mol. The molecule has 51 heavy (non-hydrogen) atoms. The van der Waals surface area contributed by atoms with E-state index in [0.717, 1.165) is 44.3 Å². The molecule has 3 aliphatic rings. The molecular formula is C37H45ClFN7O5. The monoisotopic (exact) mass is 721 g/mol. The molecule has 3 aromatic rings. The molecule has 2 aromatic carbocycles. The van der Waals surface area contributed by atoms with Crippen molar-refractivity contribution in [1.82, 2.24) is 19.7 Å². The molecule has 14 heteroatoms. The van der Waals surface area contributed by atoms with Gasteiger partial charge >= 0.3 is 12.1 Å². The van der Waals surface area contributed by atoms with E-state index >= 15 is 0 Å². The van der Waals surface area contributed by atoms with Crippen LogP contribution in [0.25, 0.3) is 16.6 Å². The maximum Gasteiger partial charge on any atom is 0.415 e. The van der Waals surface area contributed by atoms with E-state index in [-0.39, 0.29) is 29.9 Å². The van der Waals surface area contributed by atoms with E-state index in [1.165, 1.54) is 18.2 Å². The van der Waals surface area contributed by atoms with Gasteiger partial charge in [-0.3, -0.25) is 14.7 Å². The van der Waals surface area contributed by atoms with E-state index in [9.17, 15) is 14.0 Å². The van der Waals surface area contributed by atoms with Crippen LogP contribution in [0, 0.1) is 11.7 Å². The van der Waals surface area contributed by atoms with Gasteiger partial charge in [-0.1, -0.05) is 11.6 Å². The van der Waals surface area contributed by atoms with Gasteiger partial charge in [0.05, 0.1) is 31.0 Å². The van der Waals surface area contributed by atoms with Gasteiger partial charge in [-0.25, -0.2) is 9.18 Å². The van der Waals surface area contributed by atoms with Gasteiger partial charge in [0, 0.05) is 58.4 Å². The number of ether oxygens (including phenoxy) is 3. The Kier molecular flexibility index (Phi) is 11.6. The van der Waals surface area contributed by atoms with Crippen molar-refractivity contribution in [3.63, 3.8) is 0 Å². The second-order valence-electron chi connectivity index (χ2n) is 13.5. The summed E-state index contributed by atoms with van der Waals surface area (Å²) in [5.41, 5.74) is 14.8. The zero-order chi connectivity index (χ0) is 36.1. The number of aromatic nitrogens is 1. The minimum atomic E-state index is -0.586. The van der Waals surface area contributed by atoms with Gasteiger partial charge in [-0.2, -0.15) is 0 Å². The molecule has 1 atom stereocenters. The number of likely N-dealkylation sites (tertiary alicyclic amines) is 1. The molecule has 6 rings (SSSR count). The number of benzene rings is 2. The number of allylic oxidation sites excluding steroid dienone is 2. The fourth-order valence-corrected chi connectivity index (χ4v) is 6.69. The summed E-state index contributed by atoms with van der Waals surface area (Å²) in [5, 5.41) is 4.34. The van der Waals surface area contributed by atoms with Gasteiger partial charge < -0.3 is 40.8 Å². The van der Waals surface area contributed by atoms with E-state index in [1.807, 2.05) is 0 Å². The Labute approximate surface area is 302 Å². The highest BCUT2D eigenvalue weighted by Crippen LogP contribution is 2.29. The zero-order valence-corrected chi connectivity index (χ0v) is 29.7. The van der Waals surface area contributed by atoms with Crippen LogP contribution in [0.4, 0.5) is 14.9 Å². The van der Waals surface area contributed by atoms with Crippen LogP contribution in [-0.4, -0.2) is 103 Å². The first kappa shape index (κ1) is 36.4. The molecule has 3 fully saturated rings. The summed E-state index contributed by atoms with van der Waals surface area (Å²) in [7, 11) is 2.15. The number of rotatable bonds is 10. The van der Waals surface area contributed by atoms with Crippen LogP contribution in [0.15, 0.2) is 66.1 Å². The number of nitrogens with two attached hydrogens (primary N) is 2. The molecule has 3 saturated heterocycles. The molecule has 4 heterocycles. The van der Waals surface area contributed by atoms with Crippen molar-refractivity contribution in [2.75, 3.05) is 64.8 Å². The fourth-order valence-electron chi connectivity index (χ4n) is 6.51. The van der Waals surface area contributed by atoms with E-state index in [1.54, 1.807) is 48.4 Å². The molecule has 0 aliphatic carbocycles. The number of esters is 1. The number of piperidine rings is 1. The van der Waals surface area contributed by atoms with Crippen molar-refractivity contribution >= 4 is 46.0 Å². The number of hydrogen-bond acceptors (Lipinski definition) is 11. The van der Waals surface area contributed by atoms with Crippen molar-refractivity contribution in [3.8, 4) is 5.75 Å². The molecule has 1 unspecified atom stereocenters. The number of piperazine rings is 1. The first-order chi connectivity index (χ1) is 24.5. The number of carbonyl (C=O) groups excluding carboxylic acids is 2. The molecule has 0 saturated carbocycles. The third-order valence-corrected chi connectivity index (χ3v) is 9.96. The first-order valence-corrected chi connectivity index (χ1v) is 17.6. The molecule has 1 aromatic heterocycles. The number of pyridine rings is 1. The van der Waals surface area contributed by atoms with Crippen LogP contribution < -0.4 is 21.5 Å². The van der Waals surface area contributed by atoms with Crippen LogP contribution in [0.5, 0.6) is 5.75 Å².